The number of ether oxygens (including phenoxy) is 3. The number of carbonyl (C=O) groups excluding carboxylic acids is 2. The van der Waals surface area contributed by atoms with E-state index in [1.807, 2.05) is 0 Å². The molecular weight excluding hydrogens is 250 g/mol. The number of amides is 1. The van der Waals surface area contributed by atoms with Crippen LogP contribution in [0.3, 0.4) is 0 Å². The Labute approximate surface area is 111 Å². The summed E-state index contributed by atoms with van der Waals surface area (Å²) in [5, 5.41) is 2.55. The standard InChI is InChI=1S/C13H17NO5/c1-17-8-7-14-12(15)9-19-13(16)10-5-3-4-6-11(10)18-2/h3-6H,7-9H2,1-2H3,(H,14,15). The summed E-state index contributed by atoms with van der Waals surface area (Å²) in [6.45, 7) is 0.453. The van der Waals surface area contributed by atoms with Crippen LogP contribution in [0.25, 0.3) is 0 Å². The van der Waals surface area contributed by atoms with E-state index in [-0.39, 0.29) is 18.1 Å². The molecule has 0 heterocycles. The van der Waals surface area contributed by atoms with E-state index in [4.69, 9.17) is 14.2 Å². The fourth-order valence-corrected chi connectivity index (χ4v) is 1.37. The summed E-state index contributed by atoms with van der Waals surface area (Å²) < 4.78 is 14.7. The predicted molar refractivity (Wildman–Crippen MR) is 68.2 cm³/mol. The van der Waals surface area contributed by atoms with Crippen LogP contribution in [0.5, 0.6) is 5.75 Å². The summed E-state index contributed by atoms with van der Waals surface area (Å²) in [6.07, 6.45) is 0. The zero-order valence-electron chi connectivity index (χ0n) is 11.0. The van der Waals surface area contributed by atoms with Gasteiger partial charge in [0.1, 0.15) is 11.3 Å². The normalized spacial score (nSPS) is 9.79. The predicted octanol–water partition coefficient (Wildman–Crippen LogP) is 0.615. The monoisotopic (exact) mass is 267 g/mol. The molecule has 0 aliphatic carbocycles. The first-order valence-electron chi connectivity index (χ1n) is 5.74. The number of methoxy groups -OCH3 is 2. The molecule has 0 radical (unpaired) electrons. The number of hydrogen-bond acceptors (Lipinski definition) is 5. The Kier molecular flexibility index (Phi) is 6.38. The maximum atomic E-state index is 11.8. The molecule has 0 atom stereocenters. The van der Waals surface area contributed by atoms with Crippen LogP contribution in [0.2, 0.25) is 0 Å². The van der Waals surface area contributed by atoms with Crippen LogP contribution in [-0.2, 0) is 14.3 Å². The van der Waals surface area contributed by atoms with Crippen molar-refractivity contribution in [3.8, 4) is 5.75 Å². The minimum atomic E-state index is -0.598. The molecule has 6 nitrogen and oxygen atoms in total. The van der Waals surface area contributed by atoms with Crippen LogP contribution in [-0.4, -0.2) is 45.9 Å². The first-order valence-corrected chi connectivity index (χ1v) is 5.74. The Bertz CT molecular complexity index is 433. The third-order valence-electron chi connectivity index (χ3n) is 2.29. The zero-order chi connectivity index (χ0) is 14.1. The molecule has 6 heteroatoms. The van der Waals surface area contributed by atoms with Gasteiger partial charge in [-0.05, 0) is 12.1 Å². The summed E-state index contributed by atoms with van der Waals surface area (Å²) >= 11 is 0. The summed E-state index contributed by atoms with van der Waals surface area (Å²) in [6, 6.07) is 6.66. The van der Waals surface area contributed by atoms with E-state index in [2.05, 4.69) is 5.32 Å². The summed E-state index contributed by atoms with van der Waals surface area (Å²) in [4.78, 5) is 23.1. The van der Waals surface area contributed by atoms with Crippen LogP contribution < -0.4 is 10.1 Å². The van der Waals surface area contributed by atoms with E-state index >= 15 is 0 Å². The number of nitrogens with one attached hydrogen (secondary N) is 1. The van der Waals surface area contributed by atoms with Crippen molar-refractivity contribution < 1.29 is 23.8 Å². The lowest BCUT2D eigenvalue weighted by Gasteiger charge is -2.08. The number of para-hydroxylation sites is 1. The largest absolute Gasteiger partial charge is 0.496 e. The summed E-state index contributed by atoms with van der Waals surface area (Å²) in [5.41, 5.74) is 0.287. The number of esters is 1. The van der Waals surface area contributed by atoms with Crippen molar-refractivity contribution in [1.82, 2.24) is 5.32 Å². The number of rotatable bonds is 7. The number of benzene rings is 1. The Morgan fingerprint density at radius 1 is 1.21 bits per heavy atom. The average Bonchev–Trinajstić information content (AvgIpc) is 2.45. The van der Waals surface area contributed by atoms with Gasteiger partial charge in [0.15, 0.2) is 6.61 Å². The SMILES string of the molecule is COCCNC(=O)COC(=O)c1ccccc1OC. The van der Waals surface area contributed by atoms with Crippen molar-refractivity contribution in [2.45, 2.75) is 0 Å². The molecule has 1 aromatic carbocycles. The maximum absolute atomic E-state index is 11.8. The second-order valence-electron chi connectivity index (χ2n) is 3.62. The van der Waals surface area contributed by atoms with Crippen LogP contribution >= 0.6 is 0 Å². The molecule has 0 unspecified atom stereocenters. The first kappa shape index (κ1) is 15.0. The molecule has 1 N–H and O–H groups in total. The van der Waals surface area contributed by atoms with Gasteiger partial charge in [0, 0.05) is 13.7 Å². The molecule has 1 amide bonds. The second kappa shape index (κ2) is 8.10. The van der Waals surface area contributed by atoms with Crippen molar-refractivity contribution in [1.29, 1.82) is 0 Å². The molecule has 0 aliphatic rings. The molecule has 0 saturated heterocycles. The molecular formula is C13H17NO5. The second-order valence-corrected chi connectivity index (χ2v) is 3.62. The Morgan fingerprint density at radius 3 is 2.63 bits per heavy atom. The van der Waals surface area contributed by atoms with Gasteiger partial charge >= 0.3 is 5.97 Å². The van der Waals surface area contributed by atoms with Crippen LogP contribution in [0.15, 0.2) is 24.3 Å². The molecule has 1 rings (SSSR count). The summed E-state index contributed by atoms with van der Waals surface area (Å²) in [7, 11) is 3.00. The van der Waals surface area contributed by atoms with Gasteiger partial charge < -0.3 is 19.5 Å². The lowest BCUT2D eigenvalue weighted by atomic mass is 10.2. The summed E-state index contributed by atoms with van der Waals surface area (Å²) in [5.74, 6) is -0.563. The fraction of sp³-hybridized carbons (Fsp3) is 0.385. The third-order valence-corrected chi connectivity index (χ3v) is 2.29. The number of hydrogen-bond donors (Lipinski definition) is 1. The molecule has 19 heavy (non-hydrogen) atoms. The molecule has 0 bridgehead atoms. The highest BCUT2D eigenvalue weighted by Crippen LogP contribution is 2.17. The highest BCUT2D eigenvalue weighted by atomic mass is 16.5. The highest BCUT2D eigenvalue weighted by Gasteiger charge is 2.14. The van der Waals surface area contributed by atoms with Crippen molar-refractivity contribution >= 4 is 11.9 Å². The van der Waals surface area contributed by atoms with E-state index in [1.165, 1.54) is 14.2 Å². The Balaban J connectivity index is 2.44. The van der Waals surface area contributed by atoms with Gasteiger partial charge in [-0.15, -0.1) is 0 Å². The fourth-order valence-electron chi connectivity index (χ4n) is 1.37. The quantitative estimate of drug-likeness (QED) is 0.579. The van der Waals surface area contributed by atoms with E-state index in [1.54, 1.807) is 24.3 Å². The van der Waals surface area contributed by atoms with E-state index in [9.17, 15) is 9.59 Å². The van der Waals surface area contributed by atoms with Crippen LogP contribution in [0, 0.1) is 0 Å². The topological polar surface area (TPSA) is 73.9 Å². The van der Waals surface area contributed by atoms with Gasteiger partial charge in [-0.1, -0.05) is 12.1 Å². The lowest BCUT2D eigenvalue weighted by Crippen LogP contribution is -2.31. The lowest BCUT2D eigenvalue weighted by molar-refractivity contribution is -0.124. The minimum Gasteiger partial charge on any atom is -0.496 e. The maximum Gasteiger partial charge on any atom is 0.342 e. The minimum absolute atomic E-state index is 0.287. The molecule has 0 saturated carbocycles. The smallest absolute Gasteiger partial charge is 0.342 e. The zero-order valence-corrected chi connectivity index (χ0v) is 11.0. The molecule has 0 aromatic heterocycles. The average molecular weight is 267 g/mol. The van der Waals surface area contributed by atoms with Gasteiger partial charge in [0.25, 0.3) is 5.91 Å². The van der Waals surface area contributed by atoms with E-state index in [0.717, 1.165) is 0 Å². The van der Waals surface area contributed by atoms with E-state index < -0.39 is 5.97 Å². The number of carbonyl (C=O) groups is 2. The van der Waals surface area contributed by atoms with Crippen molar-refractivity contribution in [2.24, 2.45) is 0 Å². The van der Waals surface area contributed by atoms with Gasteiger partial charge in [0.2, 0.25) is 0 Å². The van der Waals surface area contributed by atoms with Crippen LogP contribution in [0.1, 0.15) is 10.4 Å². The Morgan fingerprint density at radius 2 is 1.95 bits per heavy atom. The van der Waals surface area contributed by atoms with Crippen LogP contribution in [0.4, 0.5) is 0 Å². The molecule has 104 valence electrons. The van der Waals surface area contributed by atoms with Crippen molar-refractivity contribution in [3.63, 3.8) is 0 Å². The third kappa shape index (κ3) is 4.97. The molecule has 0 spiro atoms. The van der Waals surface area contributed by atoms with Gasteiger partial charge in [-0.3, -0.25) is 4.79 Å². The molecule has 0 aliphatic heterocycles. The van der Waals surface area contributed by atoms with E-state index in [0.29, 0.717) is 18.9 Å². The van der Waals surface area contributed by atoms with Crippen molar-refractivity contribution in [3.05, 3.63) is 29.8 Å². The van der Waals surface area contributed by atoms with Gasteiger partial charge in [-0.25, -0.2) is 4.79 Å². The highest BCUT2D eigenvalue weighted by molar-refractivity contribution is 5.93. The first-order chi connectivity index (χ1) is 9.19. The molecule has 1 aromatic rings. The molecule has 0 fully saturated rings. The Hall–Kier alpha value is -2.08. The van der Waals surface area contributed by atoms with Gasteiger partial charge in [0.05, 0.1) is 13.7 Å². The van der Waals surface area contributed by atoms with Crippen molar-refractivity contribution in [2.75, 3.05) is 34.0 Å². The van der Waals surface area contributed by atoms with Gasteiger partial charge in [-0.2, -0.15) is 0 Å².